The quantitative estimate of drug-likeness (QED) is 0.749. The molecule has 3 nitrogen and oxygen atoms in total. The average molecular weight is 214 g/mol. The van der Waals surface area contributed by atoms with E-state index < -0.39 is 0 Å². The van der Waals surface area contributed by atoms with Gasteiger partial charge in [-0.15, -0.1) is 0 Å². The number of para-hydroxylation sites is 1. The lowest BCUT2D eigenvalue weighted by Gasteiger charge is -2.11. The van der Waals surface area contributed by atoms with Crippen molar-refractivity contribution in [3.05, 3.63) is 35.0 Å². The minimum Gasteiger partial charge on any atom is -0.357 e. The number of aromatic amines is 1. The zero-order chi connectivity index (χ0) is 11.1. The highest BCUT2D eigenvalue weighted by Crippen LogP contribution is 2.27. The molecule has 1 aliphatic heterocycles. The number of rotatable bonds is 1. The molecule has 0 saturated carbocycles. The number of aryl methyl sites for hydroxylation is 1. The van der Waals surface area contributed by atoms with E-state index in [2.05, 4.69) is 23.3 Å². The first-order valence-electron chi connectivity index (χ1n) is 5.72. The fraction of sp³-hybridized carbons (Fsp3) is 0.308. The molecule has 0 unspecified atom stereocenters. The van der Waals surface area contributed by atoms with Crippen LogP contribution in [0.2, 0.25) is 0 Å². The zero-order valence-electron chi connectivity index (χ0n) is 9.26. The number of amides is 1. The molecule has 3 heteroatoms. The van der Waals surface area contributed by atoms with Gasteiger partial charge in [0.25, 0.3) is 5.91 Å². The number of hydrogen-bond acceptors (Lipinski definition) is 1. The number of fused-ring (bicyclic) bond motifs is 3. The van der Waals surface area contributed by atoms with Crippen LogP contribution in [0.15, 0.2) is 18.2 Å². The molecule has 1 amide bonds. The SMILES string of the molecule is CCc1cccc2c3c([nH]c12)CCNC3=O. The van der Waals surface area contributed by atoms with Crippen LogP contribution in [-0.4, -0.2) is 17.4 Å². The molecule has 0 atom stereocenters. The Bertz CT molecular complexity index is 569. The fourth-order valence-electron chi connectivity index (χ4n) is 2.46. The van der Waals surface area contributed by atoms with Crippen LogP contribution in [0, 0.1) is 0 Å². The highest BCUT2D eigenvalue weighted by molar-refractivity contribution is 6.09. The number of nitrogens with one attached hydrogen (secondary N) is 2. The van der Waals surface area contributed by atoms with Crippen molar-refractivity contribution in [2.75, 3.05) is 6.54 Å². The Labute approximate surface area is 93.9 Å². The summed E-state index contributed by atoms with van der Waals surface area (Å²) in [5.74, 6) is 0.0563. The predicted molar refractivity (Wildman–Crippen MR) is 63.7 cm³/mol. The van der Waals surface area contributed by atoms with Crippen LogP contribution >= 0.6 is 0 Å². The van der Waals surface area contributed by atoms with Crippen molar-refractivity contribution in [2.24, 2.45) is 0 Å². The van der Waals surface area contributed by atoms with E-state index in [0.717, 1.165) is 41.5 Å². The number of benzene rings is 1. The summed E-state index contributed by atoms with van der Waals surface area (Å²) in [4.78, 5) is 15.2. The summed E-state index contributed by atoms with van der Waals surface area (Å²) in [6.07, 6.45) is 1.89. The van der Waals surface area contributed by atoms with Gasteiger partial charge in [-0.25, -0.2) is 0 Å². The molecule has 0 spiro atoms. The summed E-state index contributed by atoms with van der Waals surface area (Å²) in [7, 11) is 0. The average Bonchev–Trinajstić information content (AvgIpc) is 2.68. The van der Waals surface area contributed by atoms with Crippen LogP contribution in [0.1, 0.15) is 28.5 Å². The Morgan fingerprint density at radius 1 is 1.38 bits per heavy atom. The van der Waals surface area contributed by atoms with Gasteiger partial charge < -0.3 is 10.3 Å². The normalized spacial score (nSPS) is 14.9. The van der Waals surface area contributed by atoms with Crippen molar-refractivity contribution < 1.29 is 4.79 Å². The lowest BCUT2D eigenvalue weighted by atomic mass is 10.0. The van der Waals surface area contributed by atoms with E-state index in [0.29, 0.717) is 0 Å². The summed E-state index contributed by atoms with van der Waals surface area (Å²) in [5.41, 5.74) is 4.34. The Kier molecular flexibility index (Phi) is 1.99. The van der Waals surface area contributed by atoms with Gasteiger partial charge in [-0.05, 0) is 12.0 Å². The second kappa shape index (κ2) is 3.37. The van der Waals surface area contributed by atoms with Crippen molar-refractivity contribution in [1.82, 2.24) is 10.3 Å². The van der Waals surface area contributed by atoms with E-state index in [-0.39, 0.29) is 5.91 Å². The first-order valence-corrected chi connectivity index (χ1v) is 5.72. The van der Waals surface area contributed by atoms with Crippen molar-refractivity contribution >= 4 is 16.8 Å². The molecule has 3 rings (SSSR count). The first-order chi connectivity index (χ1) is 7.81. The molecule has 1 aliphatic rings. The summed E-state index contributed by atoms with van der Waals surface area (Å²) in [6, 6.07) is 6.16. The molecule has 2 heterocycles. The van der Waals surface area contributed by atoms with Crippen molar-refractivity contribution in [1.29, 1.82) is 0 Å². The van der Waals surface area contributed by atoms with Gasteiger partial charge in [0.15, 0.2) is 0 Å². The first kappa shape index (κ1) is 9.46. The maximum absolute atomic E-state index is 11.8. The van der Waals surface area contributed by atoms with Gasteiger partial charge in [-0.1, -0.05) is 25.1 Å². The van der Waals surface area contributed by atoms with E-state index >= 15 is 0 Å². The molecule has 0 aliphatic carbocycles. The van der Waals surface area contributed by atoms with E-state index in [4.69, 9.17) is 0 Å². The number of H-pyrrole nitrogens is 1. The molecule has 1 aromatic heterocycles. The number of hydrogen-bond donors (Lipinski definition) is 2. The minimum atomic E-state index is 0.0563. The molecule has 1 aromatic carbocycles. The van der Waals surface area contributed by atoms with Crippen LogP contribution in [-0.2, 0) is 12.8 Å². The van der Waals surface area contributed by atoms with Crippen LogP contribution in [0.4, 0.5) is 0 Å². The molecule has 16 heavy (non-hydrogen) atoms. The number of carbonyl (C=O) groups excluding carboxylic acids is 1. The predicted octanol–water partition coefficient (Wildman–Crippen LogP) is 2.02. The fourth-order valence-corrected chi connectivity index (χ4v) is 2.46. The van der Waals surface area contributed by atoms with E-state index in [1.807, 2.05) is 12.1 Å². The number of aromatic nitrogens is 1. The van der Waals surface area contributed by atoms with Gasteiger partial charge in [-0.2, -0.15) is 0 Å². The van der Waals surface area contributed by atoms with Gasteiger partial charge in [0.2, 0.25) is 0 Å². The molecule has 0 bridgehead atoms. The molecule has 2 aromatic rings. The molecule has 0 fully saturated rings. The molecule has 0 saturated heterocycles. The third-order valence-electron chi connectivity index (χ3n) is 3.27. The van der Waals surface area contributed by atoms with Crippen molar-refractivity contribution in [3.8, 4) is 0 Å². The van der Waals surface area contributed by atoms with Crippen molar-refractivity contribution in [2.45, 2.75) is 19.8 Å². The third kappa shape index (κ3) is 1.18. The van der Waals surface area contributed by atoms with Crippen LogP contribution in [0.3, 0.4) is 0 Å². The number of carbonyl (C=O) groups is 1. The Balaban J connectivity index is 2.36. The molecule has 82 valence electrons. The highest BCUT2D eigenvalue weighted by Gasteiger charge is 2.22. The maximum atomic E-state index is 11.8. The molecule has 2 N–H and O–H groups in total. The summed E-state index contributed by atoms with van der Waals surface area (Å²) in [6.45, 7) is 2.87. The summed E-state index contributed by atoms with van der Waals surface area (Å²) >= 11 is 0. The molecular weight excluding hydrogens is 200 g/mol. The standard InChI is InChI=1S/C13H14N2O/c1-2-8-4-3-5-9-11-10(15-12(8)9)6-7-14-13(11)16/h3-5,15H,2,6-7H2,1H3,(H,14,16). The molecule has 0 radical (unpaired) electrons. The summed E-state index contributed by atoms with van der Waals surface area (Å²) in [5, 5.41) is 3.96. The second-order valence-corrected chi connectivity index (χ2v) is 4.18. The van der Waals surface area contributed by atoms with Gasteiger partial charge in [0.05, 0.1) is 5.56 Å². The van der Waals surface area contributed by atoms with Crippen LogP contribution in [0.25, 0.3) is 10.9 Å². The van der Waals surface area contributed by atoms with Crippen molar-refractivity contribution in [3.63, 3.8) is 0 Å². The lowest BCUT2D eigenvalue weighted by molar-refractivity contribution is 0.0947. The largest absolute Gasteiger partial charge is 0.357 e. The lowest BCUT2D eigenvalue weighted by Crippen LogP contribution is -2.31. The topological polar surface area (TPSA) is 44.9 Å². The highest BCUT2D eigenvalue weighted by atomic mass is 16.1. The van der Waals surface area contributed by atoms with E-state index in [1.54, 1.807) is 0 Å². The Morgan fingerprint density at radius 3 is 3.06 bits per heavy atom. The van der Waals surface area contributed by atoms with Crippen LogP contribution < -0.4 is 5.32 Å². The minimum absolute atomic E-state index is 0.0563. The van der Waals surface area contributed by atoms with Gasteiger partial charge >= 0.3 is 0 Å². The van der Waals surface area contributed by atoms with E-state index in [1.165, 1.54) is 5.56 Å². The monoisotopic (exact) mass is 214 g/mol. The van der Waals surface area contributed by atoms with E-state index in [9.17, 15) is 4.79 Å². The summed E-state index contributed by atoms with van der Waals surface area (Å²) < 4.78 is 0. The van der Waals surface area contributed by atoms with Gasteiger partial charge in [0, 0.05) is 29.6 Å². The smallest absolute Gasteiger partial charge is 0.253 e. The molecular formula is C13H14N2O. The third-order valence-corrected chi connectivity index (χ3v) is 3.27. The Morgan fingerprint density at radius 2 is 2.25 bits per heavy atom. The Hall–Kier alpha value is -1.77. The van der Waals surface area contributed by atoms with Gasteiger partial charge in [0.1, 0.15) is 0 Å². The van der Waals surface area contributed by atoms with Gasteiger partial charge in [-0.3, -0.25) is 4.79 Å². The maximum Gasteiger partial charge on any atom is 0.253 e. The second-order valence-electron chi connectivity index (χ2n) is 4.18. The zero-order valence-corrected chi connectivity index (χ0v) is 9.26. The van der Waals surface area contributed by atoms with Crippen LogP contribution in [0.5, 0.6) is 0 Å².